The van der Waals surface area contributed by atoms with Gasteiger partial charge in [0.1, 0.15) is 0 Å². The molecule has 1 unspecified atom stereocenters. The van der Waals surface area contributed by atoms with Gasteiger partial charge in [-0.25, -0.2) is 0 Å². The van der Waals surface area contributed by atoms with Gasteiger partial charge in [-0.2, -0.15) is 0 Å². The monoisotopic (exact) mass is 316 g/mol. The minimum absolute atomic E-state index is 0.0827. The van der Waals surface area contributed by atoms with Crippen LogP contribution < -0.4 is 5.32 Å². The number of hydrogen-bond donors (Lipinski definition) is 1. The average molecular weight is 316 g/mol. The lowest BCUT2D eigenvalue weighted by Gasteiger charge is -2.31. The topological polar surface area (TPSA) is 41.6 Å². The molecule has 4 nitrogen and oxygen atoms in total. The minimum Gasteiger partial charge on any atom is -0.383 e. The number of ether oxygens (including phenoxy) is 1. The van der Waals surface area contributed by atoms with Crippen LogP contribution in [-0.2, 0) is 9.53 Å². The molecule has 0 saturated carbocycles. The summed E-state index contributed by atoms with van der Waals surface area (Å²) in [6.07, 6.45) is 6.23. The SMILES string of the molecule is COCC(C)NC(=O)C1CCN(C/C=C/c2ccccc2)CC1. The zero-order valence-corrected chi connectivity index (χ0v) is 14.2. The third-order valence-electron chi connectivity index (χ3n) is 4.24. The van der Waals surface area contributed by atoms with Crippen LogP contribution in [0.1, 0.15) is 25.3 Å². The lowest BCUT2D eigenvalue weighted by atomic mass is 9.95. The van der Waals surface area contributed by atoms with E-state index in [1.165, 1.54) is 5.56 Å². The molecule has 126 valence electrons. The number of hydrogen-bond acceptors (Lipinski definition) is 3. The number of benzene rings is 1. The molecule has 1 aromatic rings. The van der Waals surface area contributed by atoms with Gasteiger partial charge in [0.25, 0.3) is 0 Å². The number of piperidine rings is 1. The highest BCUT2D eigenvalue weighted by molar-refractivity contribution is 5.79. The normalized spacial score (nSPS) is 18.2. The molecule has 1 aliphatic rings. The Labute approximate surface area is 139 Å². The summed E-state index contributed by atoms with van der Waals surface area (Å²) in [7, 11) is 1.66. The van der Waals surface area contributed by atoms with E-state index in [2.05, 4.69) is 34.5 Å². The molecule has 0 radical (unpaired) electrons. The third-order valence-corrected chi connectivity index (χ3v) is 4.24. The van der Waals surface area contributed by atoms with E-state index in [0.717, 1.165) is 32.5 Å². The van der Waals surface area contributed by atoms with Crippen molar-refractivity contribution in [1.82, 2.24) is 10.2 Å². The quantitative estimate of drug-likeness (QED) is 0.840. The summed E-state index contributed by atoms with van der Waals surface area (Å²) in [5, 5.41) is 3.03. The number of carbonyl (C=O) groups is 1. The van der Waals surface area contributed by atoms with E-state index in [4.69, 9.17) is 4.74 Å². The number of methoxy groups -OCH3 is 1. The zero-order valence-electron chi connectivity index (χ0n) is 14.2. The fourth-order valence-corrected chi connectivity index (χ4v) is 2.93. The van der Waals surface area contributed by atoms with E-state index in [1.54, 1.807) is 7.11 Å². The molecule has 0 bridgehead atoms. The predicted octanol–water partition coefficient (Wildman–Crippen LogP) is 2.56. The van der Waals surface area contributed by atoms with Gasteiger partial charge in [0.05, 0.1) is 6.61 Å². The molecule has 1 saturated heterocycles. The van der Waals surface area contributed by atoms with Crippen molar-refractivity contribution in [2.45, 2.75) is 25.8 Å². The Kier molecular flexibility index (Phi) is 7.30. The first-order valence-corrected chi connectivity index (χ1v) is 8.42. The molecule has 2 rings (SSSR count). The van der Waals surface area contributed by atoms with Gasteiger partial charge >= 0.3 is 0 Å². The molecule has 23 heavy (non-hydrogen) atoms. The van der Waals surface area contributed by atoms with Crippen LogP contribution in [0.5, 0.6) is 0 Å². The Balaban J connectivity index is 1.69. The molecular formula is C19H28N2O2. The van der Waals surface area contributed by atoms with Crippen LogP contribution >= 0.6 is 0 Å². The summed E-state index contributed by atoms with van der Waals surface area (Å²) in [4.78, 5) is 14.6. The molecule has 1 atom stereocenters. The van der Waals surface area contributed by atoms with Crippen molar-refractivity contribution >= 4 is 12.0 Å². The highest BCUT2D eigenvalue weighted by Gasteiger charge is 2.25. The number of likely N-dealkylation sites (tertiary alicyclic amines) is 1. The number of carbonyl (C=O) groups excluding carboxylic acids is 1. The molecule has 1 aliphatic heterocycles. The molecule has 1 N–H and O–H groups in total. The van der Waals surface area contributed by atoms with Gasteiger partial charge in [0.15, 0.2) is 0 Å². The molecule has 4 heteroatoms. The van der Waals surface area contributed by atoms with E-state index < -0.39 is 0 Å². The maximum absolute atomic E-state index is 12.2. The van der Waals surface area contributed by atoms with Crippen molar-refractivity contribution in [1.29, 1.82) is 0 Å². The van der Waals surface area contributed by atoms with Gasteiger partial charge in [-0.1, -0.05) is 42.5 Å². The summed E-state index contributed by atoms with van der Waals surface area (Å²) in [6, 6.07) is 10.4. The van der Waals surface area contributed by atoms with Gasteiger partial charge in [-0.15, -0.1) is 0 Å². The maximum atomic E-state index is 12.2. The number of nitrogens with one attached hydrogen (secondary N) is 1. The second-order valence-electron chi connectivity index (χ2n) is 6.25. The van der Waals surface area contributed by atoms with E-state index in [-0.39, 0.29) is 17.9 Å². The molecule has 1 fully saturated rings. The number of nitrogens with zero attached hydrogens (tertiary/aromatic N) is 1. The second-order valence-corrected chi connectivity index (χ2v) is 6.25. The van der Waals surface area contributed by atoms with Crippen molar-refractivity contribution in [2.75, 3.05) is 33.4 Å². The average Bonchev–Trinajstić information content (AvgIpc) is 2.56. The molecule has 0 aliphatic carbocycles. The van der Waals surface area contributed by atoms with E-state index in [0.29, 0.717) is 6.61 Å². The largest absolute Gasteiger partial charge is 0.383 e. The van der Waals surface area contributed by atoms with Crippen LogP contribution in [0.2, 0.25) is 0 Å². The lowest BCUT2D eigenvalue weighted by Crippen LogP contribution is -2.44. The first-order valence-electron chi connectivity index (χ1n) is 8.42. The highest BCUT2D eigenvalue weighted by atomic mass is 16.5. The van der Waals surface area contributed by atoms with E-state index in [1.807, 2.05) is 25.1 Å². The summed E-state index contributed by atoms with van der Waals surface area (Å²) >= 11 is 0. The van der Waals surface area contributed by atoms with E-state index in [9.17, 15) is 4.79 Å². The molecule has 1 amide bonds. The Hall–Kier alpha value is -1.65. The van der Waals surface area contributed by atoms with Crippen LogP contribution in [-0.4, -0.2) is 50.2 Å². The summed E-state index contributed by atoms with van der Waals surface area (Å²) in [5.74, 6) is 0.317. The number of rotatable bonds is 7. The van der Waals surface area contributed by atoms with Gasteiger partial charge in [0, 0.05) is 25.6 Å². The number of amides is 1. The van der Waals surface area contributed by atoms with Gasteiger partial charge in [0.2, 0.25) is 5.91 Å². The minimum atomic E-state index is 0.0827. The van der Waals surface area contributed by atoms with Gasteiger partial charge in [-0.05, 0) is 38.4 Å². The van der Waals surface area contributed by atoms with Crippen LogP contribution in [0.25, 0.3) is 6.08 Å². The van der Waals surface area contributed by atoms with Crippen LogP contribution in [0.15, 0.2) is 36.4 Å². The smallest absolute Gasteiger partial charge is 0.223 e. The van der Waals surface area contributed by atoms with Crippen LogP contribution in [0.4, 0.5) is 0 Å². The summed E-state index contributed by atoms with van der Waals surface area (Å²) < 4.78 is 5.06. The fourth-order valence-electron chi connectivity index (χ4n) is 2.93. The van der Waals surface area contributed by atoms with Crippen molar-refractivity contribution in [3.05, 3.63) is 42.0 Å². The summed E-state index contributed by atoms with van der Waals surface area (Å²) in [5.41, 5.74) is 1.23. The molecule has 1 aromatic carbocycles. The standard InChI is InChI=1S/C19H28N2O2/c1-16(15-23-2)20-19(22)18-10-13-21(14-11-18)12-6-9-17-7-4-3-5-8-17/h3-9,16,18H,10-15H2,1-2H3,(H,20,22)/b9-6+. The first-order chi connectivity index (χ1) is 11.2. The van der Waals surface area contributed by atoms with Crippen molar-refractivity contribution < 1.29 is 9.53 Å². The predicted molar refractivity (Wildman–Crippen MR) is 94.1 cm³/mol. The first kappa shape index (κ1) is 17.7. The Morgan fingerprint density at radius 1 is 1.35 bits per heavy atom. The lowest BCUT2D eigenvalue weighted by molar-refractivity contribution is -0.127. The Morgan fingerprint density at radius 3 is 2.70 bits per heavy atom. The summed E-state index contributed by atoms with van der Waals surface area (Å²) in [6.45, 7) is 5.45. The van der Waals surface area contributed by atoms with Gasteiger partial charge < -0.3 is 10.1 Å². The van der Waals surface area contributed by atoms with Crippen molar-refractivity contribution in [3.63, 3.8) is 0 Å². The van der Waals surface area contributed by atoms with Crippen molar-refractivity contribution in [3.8, 4) is 0 Å². The molecule has 0 spiro atoms. The second kappa shape index (κ2) is 9.48. The van der Waals surface area contributed by atoms with Crippen molar-refractivity contribution in [2.24, 2.45) is 5.92 Å². The van der Waals surface area contributed by atoms with Crippen LogP contribution in [0, 0.1) is 5.92 Å². The van der Waals surface area contributed by atoms with Gasteiger partial charge in [-0.3, -0.25) is 9.69 Å². The van der Waals surface area contributed by atoms with E-state index >= 15 is 0 Å². The molecular weight excluding hydrogens is 288 g/mol. The Morgan fingerprint density at radius 2 is 2.04 bits per heavy atom. The maximum Gasteiger partial charge on any atom is 0.223 e. The third kappa shape index (κ3) is 6.16. The molecule has 0 aromatic heterocycles. The van der Waals surface area contributed by atoms with Crippen LogP contribution in [0.3, 0.4) is 0 Å². The zero-order chi connectivity index (χ0) is 16.5. The Bertz CT molecular complexity index is 493. The highest BCUT2D eigenvalue weighted by Crippen LogP contribution is 2.17. The molecule has 1 heterocycles. The fraction of sp³-hybridized carbons (Fsp3) is 0.526.